The number of thiophene rings is 1. The number of likely N-dealkylation sites (tertiary alicyclic amines) is 1. The molecule has 2 rings (SSSR count). The molecule has 2 heterocycles. The smallest absolute Gasteiger partial charge is 0.254 e. The average Bonchev–Trinajstić information content (AvgIpc) is 2.88. The molecule has 0 N–H and O–H groups in total. The van der Waals surface area contributed by atoms with E-state index in [1.807, 2.05) is 16.3 Å². The number of hydrogen-bond acceptors (Lipinski definition) is 2. The van der Waals surface area contributed by atoms with Crippen LogP contribution in [0.15, 0.2) is 11.4 Å². The number of carbonyl (C=O) groups is 1. The monoisotopic (exact) mass is 209 g/mol. The Balaban J connectivity index is 2.09. The summed E-state index contributed by atoms with van der Waals surface area (Å²) in [7, 11) is 0. The highest BCUT2D eigenvalue weighted by atomic mass is 32.1. The van der Waals surface area contributed by atoms with E-state index in [0.29, 0.717) is 0 Å². The zero-order chi connectivity index (χ0) is 9.97. The first-order chi connectivity index (χ1) is 6.81. The van der Waals surface area contributed by atoms with Crippen molar-refractivity contribution in [1.29, 1.82) is 0 Å². The highest BCUT2D eigenvalue weighted by Gasteiger charge is 2.19. The molecule has 1 aromatic heterocycles. The molecular formula is C11H15NOS. The van der Waals surface area contributed by atoms with Crippen molar-refractivity contribution in [2.45, 2.75) is 26.2 Å². The maximum Gasteiger partial charge on any atom is 0.254 e. The van der Waals surface area contributed by atoms with Gasteiger partial charge in [0.25, 0.3) is 5.91 Å². The summed E-state index contributed by atoms with van der Waals surface area (Å²) >= 11 is 1.69. The number of carbonyl (C=O) groups excluding carboxylic acids is 1. The molecule has 0 radical (unpaired) electrons. The van der Waals surface area contributed by atoms with Gasteiger partial charge in [0.2, 0.25) is 0 Å². The van der Waals surface area contributed by atoms with Crippen LogP contribution in [0.4, 0.5) is 0 Å². The molecule has 76 valence electrons. The van der Waals surface area contributed by atoms with Gasteiger partial charge in [-0.3, -0.25) is 4.79 Å². The SMILES string of the molecule is CCc1cc(C(=O)N2CCCC2)cs1. The molecular weight excluding hydrogens is 194 g/mol. The maximum absolute atomic E-state index is 11.9. The number of amides is 1. The normalized spacial score (nSPS) is 16.2. The molecule has 1 fully saturated rings. The molecule has 2 nitrogen and oxygen atoms in total. The van der Waals surface area contributed by atoms with Crippen LogP contribution in [-0.4, -0.2) is 23.9 Å². The summed E-state index contributed by atoms with van der Waals surface area (Å²) < 4.78 is 0. The fourth-order valence-corrected chi connectivity index (χ4v) is 2.59. The van der Waals surface area contributed by atoms with E-state index in [1.165, 1.54) is 4.88 Å². The van der Waals surface area contributed by atoms with Crippen molar-refractivity contribution in [3.63, 3.8) is 0 Å². The lowest BCUT2D eigenvalue weighted by molar-refractivity contribution is 0.0793. The lowest BCUT2D eigenvalue weighted by atomic mass is 10.2. The van der Waals surface area contributed by atoms with Crippen LogP contribution in [0.1, 0.15) is 35.0 Å². The van der Waals surface area contributed by atoms with E-state index in [1.54, 1.807) is 11.3 Å². The largest absolute Gasteiger partial charge is 0.339 e. The summed E-state index contributed by atoms with van der Waals surface area (Å²) in [5, 5.41) is 1.99. The fraction of sp³-hybridized carbons (Fsp3) is 0.545. The Morgan fingerprint density at radius 2 is 2.21 bits per heavy atom. The van der Waals surface area contributed by atoms with E-state index in [4.69, 9.17) is 0 Å². The number of hydrogen-bond donors (Lipinski definition) is 0. The summed E-state index contributed by atoms with van der Waals surface area (Å²) in [6, 6.07) is 2.03. The van der Waals surface area contributed by atoms with Gasteiger partial charge in [-0.2, -0.15) is 0 Å². The van der Waals surface area contributed by atoms with Gasteiger partial charge >= 0.3 is 0 Å². The molecule has 1 aliphatic rings. The second-order valence-corrected chi connectivity index (χ2v) is 4.65. The highest BCUT2D eigenvalue weighted by Crippen LogP contribution is 2.19. The van der Waals surface area contributed by atoms with E-state index in [-0.39, 0.29) is 5.91 Å². The van der Waals surface area contributed by atoms with E-state index in [9.17, 15) is 4.79 Å². The van der Waals surface area contributed by atoms with Crippen molar-refractivity contribution in [3.8, 4) is 0 Å². The van der Waals surface area contributed by atoms with Gasteiger partial charge in [-0.1, -0.05) is 6.92 Å². The van der Waals surface area contributed by atoms with Crippen LogP contribution < -0.4 is 0 Å². The molecule has 3 heteroatoms. The van der Waals surface area contributed by atoms with Crippen LogP contribution >= 0.6 is 11.3 Å². The van der Waals surface area contributed by atoms with Crippen molar-refractivity contribution in [2.24, 2.45) is 0 Å². The Labute approximate surface area is 88.5 Å². The maximum atomic E-state index is 11.9. The van der Waals surface area contributed by atoms with Gasteiger partial charge in [-0.05, 0) is 25.3 Å². The minimum atomic E-state index is 0.221. The third-order valence-electron chi connectivity index (χ3n) is 2.64. The second kappa shape index (κ2) is 4.13. The molecule has 0 aliphatic carbocycles. The molecule has 1 aliphatic heterocycles. The molecule has 0 atom stereocenters. The van der Waals surface area contributed by atoms with Crippen LogP contribution in [-0.2, 0) is 6.42 Å². The molecule has 14 heavy (non-hydrogen) atoms. The quantitative estimate of drug-likeness (QED) is 0.733. The first-order valence-electron chi connectivity index (χ1n) is 5.18. The van der Waals surface area contributed by atoms with E-state index >= 15 is 0 Å². The van der Waals surface area contributed by atoms with Gasteiger partial charge in [-0.25, -0.2) is 0 Å². The van der Waals surface area contributed by atoms with Gasteiger partial charge in [0.05, 0.1) is 5.56 Å². The topological polar surface area (TPSA) is 20.3 Å². The third-order valence-corrected chi connectivity index (χ3v) is 3.72. The lowest BCUT2D eigenvalue weighted by Crippen LogP contribution is -2.27. The zero-order valence-corrected chi connectivity index (χ0v) is 9.27. The van der Waals surface area contributed by atoms with Gasteiger partial charge in [0.1, 0.15) is 0 Å². The summed E-state index contributed by atoms with van der Waals surface area (Å²) in [6.07, 6.45) is 3.35. The predicted octanol–water partition coefficient (Wildman–Crippen LogP) is 2.55. The molecule has 0 aromatic carbocycles. The number of rotatable bonds is 2. The lowest BCUT2D eigenvalue weighted by Gasteiger charge is -2.13. The third kappa shape index (κ3) is 1.82. The fourth-order valence-electron chi connectivity index (χ4n) is 1.78. The van der Waals surface area contributed by atoms with Crippen molar-refractivity contribution in [2.75, 3.05) is 13.1 Å². The van der Waals surface area contributed by atoms with Crippen LogP contribution in [0.3, 0.4) is 0 Å². The van der Waals surface area contributed by atoms with E-state index < -0.39 is 0 Å². The summed E-state index contributed by atoms with van der Waals surface area (Å²) in [5.74, 6) is 0.221. The molecule has 0 saturated carbocycles. The molecule has 0 unspecified atom stereocenters. The van der Waals surface area contributed by atoms with Crippen molar-refractivity contribution >= 4 is 17.2 Å². The summed E-state index contributed by atoms with van der Waals surface area (Å²) in [6.45, 7) is 4.00. The Bertz CT molecular complexity index is 326. The first-order valence-corrected chi connectivity index (χ1v) is 6.06. The summed E-state index contributed by atoms with van der Waals surface area (Å²) in [5.41, 5.74) is 0.883. The molecule has 0 bridgehead atoms. The standard InChI is InChI=1S/C11H15NOS/c1-2-10-7-9(8-14-10)11(13)12-5-3-4-6-12/h7-8H,2-6H2,1H3. The van der Waals surface area contributed by atoms with Crippen LogP contribution in [0.25, 0.3) is 0 Å². The van der Waals surface area contributed by atoms with Crippen molar-refractivity contribution < 1.29 is 4.79 Å². The zero-order valence-electron chi connectivity index (χ0n) is 8.45. The average molecular weight is 209 g/mol. The second-order valence-electron chi connectivity index (χ2n) is 3.65. The van der Waals surface area contributed by atoms with Gasteiger partial charge in [-0.15, -0.1) is 11.3 Å². The van der Waals surface area contributed by atoms with Crippen molar-refractivity contribution in [3.05, 3.63) is 21.9 Å². The minimum Gasteiger partial charge on any atom is -0.339 e. The Kier molecular flexibility index (Phi) is 2.87. The van der Waals surface area contributed by atoms with Gasteiger partial charge in [0.15, 0.2) is 0 Å². The van der Waals surface area contributed by atoms with Crippen LogP contribution in [0.2, 0.25) is 0 Å². The van der Waals surface area contributed by atoms with Crippen LogP contribution in [0, 0.1) is 0 Å². The molecule has 0 spiro atoms. The molecule has 1 aromatic rings. The Morgan fingerprint density at radius 3 is 2.79 bits per heavy atom. The van der Waals surface area contributed by atoms with Crippen molar-refractivity contribution in [1.82, 2.24) is 4.90 Å². The Morgan fingerprint density at radius 1 is 1.50 bits per heavy atom. The number of aryl methyl sites for hydroxylation is 1. The van der Waals surface area contributed by atoms with Crippen LogP contribution in [0.5, 0.6) is 0 Å². The molecule has 1 amide bonds. The Hall–Kier alpha value is -0.830. The highest BCUT2D eigenvalue weighted by molar-refractivity contribution is 7.10. The molecule has 1 saturated heterocycles. The number of nitrogens with zero attached hydrogens (tertiary/aromatic N) is 1. The van der Waals surface area contributed by atoms with Gasteiger partial charge in [0, 0.05) is 23.3 Å². The van der Waals surface area contributed by atoms with Gasteiger partial charge < -0.3 is 4.90 Å². The van der Waals surface area contributed by atoms with E-state index in [0.717, 1.165) is 37.9 Å². The van der Waals surface area contributed by atoms with E-state index in [2.05, 4.69) is 6.92 Å². The summed E-state index contributed by atoms with van der Waals surface area (Å²) in [4.78, 5) is 15.2. The predicted molar refractivity (Wildman–Crippen MR) is 58.8 cm³/mol. The first kappa shape index (κ1) is 9.71. The minimum absolute atomic E-state index is 0.221.